The molecule has 3 heterocycles. The monoisotopic (exact) mass is 702 g/mol. The zero-order valence-electron chi connectivity index (χ0n) is 26.0. The van der Waals surface area contributed by atoms with Crippen molar-refractivity contribution in [1.82, 2.24) is 19.9 Å². The number of benzene rings is 2. The summed E-state index contributed by atoms with van der Waals surface area (Å²) in [5.41, 5.74) is 2.26. The SMILES string of the molecule is C1CNC1.CCOC(=O)CNC(=O)C1CCCN1S(=O)(=O)c1cccc(C#N)c1.Cc1ccc(NC(=O)c2c(Cl)cncc2Cl)cc1. The summed E-state index contributed by atoms with van der Waals surface area (Å²) in [4.78, 5) is 39.4. The van der Waals surface area contributed by atoms with Gasteiger partial charge in [0.25, 0.3) is 5.91 Å². The van der Waals surface area contributed by atoms with Crippen LogP contribution in [0.3, 0.4) is 0 Å². The number of aromatic nitrogens is 1. The van der Waals surface area contributed by atoms with Crippen LogP contribution in [0.4, 0.5) is 5.69 Å². The van der Waals surface area contributed by atoms with Crippen molar-refractivity contribution in [2.45, 2.75) is 44.0 Å². The molecule has 0 saturated carbocycles. The maximum atomic E-state index is 12.8. The van der Waals surface area contributed by atoms with Crippen LogP contribution in [-0.2, 0) is 24.3 Å². The Morgan fingerprint density at radius 3 is 2.30 bits per heavy atom. The fourth-order valence-electron chi connectivity index (χ4n) is 4.28. The summed E-state index contributed by atoms with van der Waals surface area (Å²) in [5.74, 6) is -1.47. The van der Waals surface area contributed by atoms with Gasteiger partial charge in [-0.25, -0.2) is 8.42 Å². The molecular weight excluding hydrogens is 667 g/mol. The van der Waals surface area contributed by atoms with Gasteiger partial charge in [-0.2, -0.15) is 9.57 Å². The summed E-state index contributed by atoms with van der Waals surface area (Å²) in [7, 11) is -3.91. The van der Waals surface area contributed by atoms with Crippen molar-refractivity contribution in [3.8, 4) is 6.07 Å². The lowest BCUT2D eigenvalue weighted by molar-refractivity contribution is -0.143. The first-order valence-corrected chi connectivity index (χ1v) is 17.0. The molecule has 15 heteroatoms. The normalized spacial score (nSPS) is 15.3. The number of nitrogens with one attached hydrogen (secondary N) is 3. The number of sulfonamides is 1. The molecule has 2 amide bonds. The maximum absolute atomic E-state index is 12.8. The Morgan fingerprint density at radius 1 is 1.09 bits per heavy atom. The molecule has 2 aromatic carbocycles. The fourth-order valence-corrected chi connectivity index (χ4v) is 6.52. The quantitative estimate of drug-likeness (QED) is 0.289. The van der Waals surface area contributed by atoms with Gasteiger partial charge in [0.2, 0.25) is 15.9 Å². The Hall–Kier alpha value is -4.06. The number of hydrogen-bond donors (Lipinski definition) is 3. The lowest BCUT2D eigenvalue weighted by atomic mass is 10.2. The average molecular weight is 704 g/mol. The standard InChI is InChI=1S/C16H19N3O5S.C13H10Cl2N2O.C3H7N/c1-2-24-15(20)11-18-16(21)14-7-4-8-19(14)25(22,23)13-6-3-5-12(9-13)10-17;1-8-2-4-9(5-3-8)17-13(18)12-10(14)6-16-7-11(12)15;1-2-4-3-1/h3,5-6,9,14H,2,4,7-8,11H2,1H3,(H,18,21);2-7H,1H3,(H,17,18);4H,1-3H2. The average Bonchev–Trinajstić information content (AvgIpc) is 3.52. The Bertz CT molecular complexity index is 1670. The number of carbonyl (C=O) groups is 3. The van der Waals surface area contributed by atoms with E-state index in [4.69, 9.17) is 33.2 Å². The molecule has 3 aromatic rings. The molecule has 3 N–H and O–H groups in total. The third-order valence-corrected chi connectivity index (χ3v) is 9.36. The number of rotatable bonds is 8. The zero-order valence-corrected chi connectivity index (χ0v) is 28.3. The minimum Gasteiger partial charge on any atom is -0.465 e. The molecule has 1 unspecified atom stereocenters. The van der Waals surface area contributed by atoms with Crippen LogP contribution in [0.15, 0.2) is 65.8 Å². The van der Waals surface area contributed by atoms with Gasteiger partial charge in [0.1, 0.15) is 12.6 Å². The van der Waals surface area contributed by atoms with Gasteiger partial charge in [-0.3, -0.25) is 19.4 Å². The fraction of sp³-hybridized carbons (Fsp3) is 0.344. The number of anilines is 1. The van der Waals surface area contributed by atoms with Crippen LogP contribution >= 0.6 is 23.2 Å². The number of pyridine rings is 1. The van der Waals surface area contributed by atoms with Gasteiger partial charge in [0, 0.05) is 24.6 Å². The number of carbonyl (C=O) groups excluding carboxylic acids is 3. The Morgan fingerprint density at radius 2 is 1.72 bits per heavy atom. The first-order valence-electron chi connectivity index (χ1n) is 14.8. The molecule has 0 radical (unpaired) electrons. The molecule has 2 saturated heterocycles. The van der Waals surface area contributed by atoms with Crippen LogP contribution in [0.2, 0.25) is 10.0 Å². The third kappa shape index (κ3) is 11.0. The van der Waals surface area contributed by atoms with Crippen molar-refractivity contribution >= 4 is 56.7 Å². The summed E-state index contributed by atoms with van der Waals surface area (Å²) in [6.07, 6.45) is 5.06. The van der Waals surface area contributed by atoms with E-state index in [2.05, 4.69) is 20.9 Å². The molecule has 0 aliphatic carbocycles. The van der Waals surface area contributed by atoms with E-state index in [0.29, 0.717) is 18.5 Å². The molecule has 250 valence electrons. The maximum Gasteiger partial charge on any atom is 0.325 e. The number of hydrogen-bond acceptors (Lipinski definition) is 9. The molecule has 2 fully saturated rings. The van der Waals surface area contributed by atoms with E-state index >= 15 is 0 Å². The number of aryl methyl sites for hydroxylation is 1. The predicted octanol–water partition coefficient (Wildman–Crippen LogP) is 4.32. The topological polar surface area (TPSA) is 171 Å². The largest absolute Gasteiger partial charge is 0.465 e. The summed E-state index contributed by atoms with van der Waals surface area (Å²) < 4.78 is 31.4. The van der Waals surface area contributed by atoms with E-state index in [-0.39, 0.29) is 51.7 Å². The van der Waals surface area contributed by atoms with Crippen molar-refractivity contribution in [3.05, 3.63) is 87.7 Å². The molecule has 1 atom stereocenters. The van der Waals surface area contributed by atoms with Crippen molar-refractivity contribution in [2.75, 3.05) is 38.1 Å². The molecule has 12 nitrogen and oxygen atoms in total. The summed E-state index contributed by atoms with van der Waals surface area (Å²) in [6, 6.07) is 14.1. The van der Waals surface area contributed by atoms with E-state index in [1.54, 1.807) is 6.92 Å². The molecule has 47 heavy (non-hydrogen) atoms. The first-order chi connectivity index (χ1) is 22.5. The van der Waals surface area contributed by atoms with Gasteiger partial charge in [0.05, 0.1) is 38.7 Å². The number of nitriles is 1. The van der Waals surface area contributed by atoms with E-state index in [9.17, 15) is 22.8 Å². The Labute approximate surface area is 284 Å². The minimum atomic E-state index is -3.91. The highest BCUT2D eigenvalue weighted by Gasteiger charge is 2.39. The number of ether oxygens (including phenoxy) is 1. The van der Waals surface area contributed by atoms with Crippen LogP contribution < -0.4 is 16.0 Å². The van der Waals surface area contributed by atoms with Crippen LogP contribution in [-0.4, -0.2) is 74.3 Å². The highest BCUT2D eigenvalue weighted by Crippen LogP contribution is 2.27. The number of esters is 1. The van der Waals surface area contributed by atoms with E-state index in [1.165, 1.54) is 56.2 Å². The lowest BCUT2D eigenvalue weighted by Crippen LogP contribution is -2.47. The lowest BCUT2D eigenvalue weighted by Gasteiger charge is -2.23. The van der Waals surface area contributed by atoms with Gasteiger partial charge >= 0.3 is 5.97 Å². The molecule has 5 rings (SSSR count). The zero-order chi connectivity index (χ0) is 34.4. The van der Waals surface area contributed by atoms with Gasteiger partial charge < -0.3 is 20.7 Å². The van der Waals surface area contributed by atoms with E-state index < -0.39 is 27.9 Å². The highest BCUT2D eigenvalue weighted by molar-refractivity contribution is 7.89. The molecule has 2 aliphatic rings. The van der Waals surface area contributed by atoms with Gasteiger partial charge in [-0.15, -0.1) is 0 Å². The third-order valence-electron chi connectivity index (χ3n) is 6.89. The second-order valence-corrected chi connectivity index (χ2v) is 13.0. The van der Waals surface area contributed by atoms with E-state index in [0.717, 1.165) is 9.87 Å². The summed E-state index contributed by atoms with van der Waals surface area (Å²) in [6.45, 7) is 6.23. The molecule has 1 aromatic heterocycles. The minimum absolute atomic E-state index is 0.0309. The first kappa shape index (κ1) is 37.4. The second-order valence-electron chi connectivity index (χ2n) is 10.3. The number of amides is 2. The summed E-state index contributed by atoms with van der Waals surface area (Å²) >= 11 is 11.8. The Balaban J connectivity index is 0.000000236. The molecule has 0 spiro atoms. The predicted molar refractivity (Wildman–Crippen MR) is 179 cm³/mol. The Kier molecular flexibility index (Phi) is 14.6. The van der Waals surface area contributed by atoms with E-state index in [1.807, 2.05) is 37.3 Å². The second kappa shape index (κ2) is 18.3. The molecular formula is C32H36Cl2N6O6S. The van der Waals surface area contributed by atoms with Crippen molar-refractivity contribution in [1.29, 1.82) is 5.26 Å². The van der Waals surface area contributed by atoms with Gasteiger partial charge in [-0.1, -0.05) is 47.0 Å². The van der Waals surface area contributed by atoms with Crippen LogP contribution in [0, 0.1) is 18.3 Å². The van der Waals surface area contributed by atoms with Crippen molar-refractivity contribution < 1.29 is 27.5 Å². The van der Waals surface area contributed by atoms with Crippen molar-refractivity contribution in [3.63, 3.8) is 0 Å². The van der Waals surface area contributed by atoms with Crippen molar-refractivity contribution in [2.24, 2.45) is 0 Å². The number of nitrogens with zero attached hydrogens (tertiary/aromatic N) is 3. The summed E-state index contributed by atoms with van der Waals surface area (Å²) in [5, 5.41) is 17.6. The van der Waals surface area contributed by atoms with Crippen LogP contribution in [0.5, 0.6) is 0 Å². The van der Waals surface area contributed by atoms with Crippen LogP contribution in [0.1, 0.15) is 47.7 Å². The van der Waals surface area contributed by atoms with Gasteiger partial charge in [-0.05, 0) is 76.5 Å². The molecule has 2 aliphatic heterocycles. The smallest absolute Gasteiger partial charge is 0.325 e. The van der Waals surface area contributed by atoms with Crippen LogP contribution in [0.25, 0.3) is 0 Å². The molecule has 0 bridgehead atoms. The number of halogens is 2. The van der Waals surface area contributed by atoms with Gasteiger partial charge in [0.15, 0.2) is 0 Å². The highest BCUT2D eigenvalue weighted by atomic mass is 35.5.